The lowest BCUT2D eigenvalue weighted by atomic mass is 9.62. The maximum absolute atomic E-state index is 6.53. The highest BCUT2D eigenvalue weighted by atomic mass is 16.5. The molecule has 0 amide bonds. The Morgan fingerprint density at radius 3 is 2.57 bits per heavy atom. The first-order valence-electron chi connectivity index (χ1n) is 14.1. The average molecular weight is 474 g/mol. The van der Waals surface area contributed by atoms with Crippen molar-refractivity contribution in [3.05, 3.63) is 46.6 Å². The van der Waals surface area contributed by atoms with E-state index in [2.05, 4.69) is 39.4 Å². The van der Waals surface area contributed by atoms with E-state index < -0.39 is 0 Å². The first-order chi connectivity index (χ1) is 17.2. The molecule has 1 N–H and O–H groups in total. The van der Waals surface area contributed by atoms with Crippen molar-refractivity contribution in [1.29, 1.82) is 0 Å². The number of hydrogen-bond donors (Lipinski definition) is 1. The molecule has 1 unspecified atom stereocenters. The Balaban J connectivity index is 1.23. The number of nitrogens with one attached hydrogen (secondary N) is 1. The number of anilines is 1. The summed E-state index contributed by atoms with van der Waals surface area (Å²) in [5.41, 5.74) is 6.21. The van der Waals surface area contributed by atoms with E-state index in [-0.39, 0.29) is 11.0 Å². The summed E-state index contributed by atoms with van der Waals surface area (Å²) in [4.78, 5) is 15.4. The highest BCUT2D eigenvalue weighted by molar-refractivity contribution is 5.53. The van der Waals surface area contributed by atoms with E-state index in [9.17, 15) is 0 Å². The fraction of sp³-hybridized carbons (Fsp3) is 0.655. The van der Waals surface area contributed by atoms with Crippen LogP contribution in [-0.2, 0) is 24.7 Å². The smallest absolute Gasteiger partial charge is 0.318 e. The standard InChI is InChI=1S/C29H39N5O/c1-2-8-24-22(6-1)7-3-10-28(24)13-9-23-25(20-28)31-27(32-26(23)33-18-14-30-15-19-33)35-21-29-11-4-16-34(29)17-5-12-29/h1-2,6,8,30H,3-5,7,9-21H2. The van der Waals surface area contributed by atoms with E-state index in [1.54, 1.807) is 11.1 Å². The molecule has 5 aliphatic rings. The number of aromatic nitrogens is 2. The first-order valence-corrected chi connectivity index (χ1v) is 14.1. The van der Waals surface area contributed by atoms with Crippen LogP contribution in [0.1, 0.15) is 67.3 Å². The fourth-order valence-corrected chi connectivity index (χ4v) is 7.98. The Kier molecular flexibility index (Phi) is 5.50. The molecule has 1 spiro atoms. The SMILES string of the molecule is c1ccc2c(c1)CCCC21CCc2c(nc(OCC34CCCN3CCC4)nc2N2CCNCC2)C1. The summed E-state index contributed by atoms with van der Waals surface area (Å²) in [5.74, 6) is 1.15. The van der Waals surface area contributed by atoms with Crippen LogP contribution < -0.4 is 15.0 Å². The summed E-state index contributed by atoms with van der Waals surface area (Å²) in [7, 11) is 0. The second-order valence-corrected chi connectivity index (χ2v) is 11.7. The lowest BCUT2D eigenvalue weighted by Gasteiger charge is -2.43. The van der Waals surface area contributed by atoms with Crippen molar-refractivity contribution in [2.45, 2.75) is 75.2 Å². The second kappa shape index (κ2) is 8.74. The van der Waals surface area contributed by atoms with Crippen LogP contribution in [0.2, 0.25) is 0 Å². The molecule has 35 heavy (non-hydrogen) atoms. The van der Waals surface area contributed by atoms with Gasteiger partial charge < -0.3 is 15.0 Å². The van der Waals surface area contributed by atoms with E-state index in [4.69, 9.17) is 14.7 Å². The van der Waals surface area contributed by atoms with Crippen LogP contribution >= 0.6 is 0 Å². The molecule has 6 nitrogen and oxygen atoms in total. The molecule has 6 heteroatoms. The van der Waals surface area contributed by atoms with Crippen LogP contribution in [-0.4, -0.2) is 66.3 Å². The third-order valence-corrected chi connectivity index (χ3v) is 9.80. The number of aryl methyl sites for hydroxylation is 1. The van der Waals surface area contributed by atoms with E-state index in [0.29, 0.717) is 6.01 Å². The summed E-state index contributed by atoms with van der Waals surface area (Å²) in [6.07, 6.45) is 12.2. The molecule has 186 valence electrons. The molecular weight excluding hydrogens is 434 g/mol. The van der Waals surface area contributed by atoms with Crippen molar-refractivity contribution >= 4 is 5.82 Å². The van der Waals surface area contributed by atoms with Crippen LogP contribution in [0.3, 0.4) is 0 Å². The van der Waals surface area contributed by atoms with Crippen molar-refractivity contribution in [2.24, 2.45) is 0 Å². The second-order valence-electron chi connectivity index (χ2n) is 11.7. The molecule has 7 rings (SSSR count). The monoisotopic (exact) mass is 473 g/mol. The molecule has 0 saturated carbocycles. The minimum absolute atomic E-state index is 0.220. The Morgan fingerprint density at radius 1 is 0.886 bits per heavy atom. The van der Waals surface area contributed by atoms with Crippen molar-refractivity contribution in [1.82, 2.24) is 20.2 Å². The lowest BCUT2D eigenvalue weighted by Crippen LogP contribution is -2.45. The molecule has 3 saturated heterocycles. The number of rotatable bonds is 4. The van der Waals surface area contributed by atoms with Crippen molar-refractivity contribution in [3.8, 4) is 6.01 Å². The molecule has 0 radical (unpaired) electrons. The van der Waals surface area contributed by atoms with E-state index in [0.717, 1.165) is 51.4 Å². The molecule has 1 aromatic carbocycles. The van der Waals surface area contributed by atoms with Crippen molar-refractivity contribution < 1.29 is 4.74 Å². The molecule has 1 aromatic heterocycles. The van der Waals surface area contributed by atoms with Gasteiger partial charge in [0.15, 0.2) is 0 Å². The highest BCUT2D eigenvalue weighted by Crippen LogP contribution is 2.47. The molecule has 3 fully saturated rings. The number of nitrogens with zero attached hydrogens (tertiary/aromatic N) is 4. The number of benzene rings is 1. The Labute approximate surface area is 209 Å². The molecule has 0 bridgehead atoms. The number of fused-ring (bicyclic) bond motifs is 4. The molecule has 2 aromatic rings. The van der Waals surface area contributed by atoms with Gasteiger partial charge in [-0.1, -0.05) is 24.3 Å². The third kappa shape index (κ3) is 3.75. The van der Waals surface area contributed by atoms with Crippen LogP contribution in [0.15, 0.2) is 24.3 Å². The predicted molar refractivity (Wildman–Crippen MR) is 138 cm³/mol. The zero-order chi connectivity index (χ0) is 23.3. The highest BCUT2D eigenvalue weighted by Gasteiger charge is 2.45. The van der Waals surface area contributed by atoms with Gasteiger partial charge in [0.1, 0.15) is 12.4 Å². The van der Waals surface area contributed by atoms with E-state index >= 15 is 0 Å². The third-order valence-electron chi connectivity index (χ3n) is 9.80. The average Bonchev–Trinajstić information content (AvgIpc) is 3.48. The van der Waals surface area contributed by atoms with Gasteiger partial charge in [0.25, 0.3) is 0 Å². The van der Waals surface area contributed by atoms with Gasteiger partial charge in [-0.2, -0.15) is 9.97 Å². The van der Waals surface area contributed by atoms with E-state index in [1.807, 2.05) is 0 Å². The van der Waals surface area contributed by atoms with Gasteiger partial charge in [-0.3, -0.25) is 4.90 Å². The van der Waals surface area contributed by atoms with Crippen LogP contribution in [0.25, 0.3) is 0 Å². The molecule has 2 aliphatic carbocycles. The topological polar surface area (TPSA) is 53.5 Å². The summed E-state index contributed by atoms with van der Waals surface area (Å²) in [6, 6.07) is 9.80. The summed E-state index contributed by atoms with van der Waals surface area (Å²) >= 11 is 0. The van der Waals surface area contributed by atoms with E-state index in [1.165, 1.54) is 75.7 Å². The molecular formula is C29H39N5O. The minimum Gasteiger partial charge on any atom is -0.461 e. The number of hydrogen-bond acceptors (Lipinski definition) is 6. The molecule has 3 aliphatic heterocycles. The maximum Gasteiger partial charge on any atom is 0.318 e. The normalized spacial score (nSPS) is 27.5. The summed E-state index contributed by atoms with van der Waals surface area (Å²) in [5, 5.41) is 3.50. The lowest BCUT2D eigenvalue weighted by molar-refractivity contribution is 0.107. The van der Waals surface area contributed by atoms with Gasteiger partial charge >= 0.3 is 6.01 Å². The zero-order valence-corrected chi connectivity index (χ0v) is 21.0. The number of ether oxygens (including phenoxy) is 1. The van der Waals surface area contributed by atoms with Crippen LogP contribution in [0, 0.1) is 0 Å². The van der Waals surface area contributed by atoms with Gasteiger partial charge in [0.05, 0.1) is 11.2 Å². The van der Waals surface area contributed by atoms with Gasteiger partial charge in [-0.15, -0.1) is 0 Å². The van der Waals surface area contributed by atoms with Crippen molar-refractivity contribution in [2.75, 3.05) is 50.8 Å². The van der Waals surface area contributed by atoms with Crippen LogP contribution in [0.4, 0.5) is 5.82 Å². The zero-order valence-electron chi connectivity index (χ0n) is 21.0. The Hall–Kier alpha value is -2.18. The summed E-state index contributed by atoms with van der Waals surface area (Å²) in [6.45, 7) is 7.24. The van der Waals surface area contributed by atoms with Gasteiger partial charge in [0.2, 0.25) is 0 Å². The Morgan fingerprint density at radius 2 is 1.71 bits per heavy atom. The molecule has 1 atom stereocenters. The quantitative estimate of drug-likeness (QED) is 0.732. The number of piperazine rings is 1. The largest absolute Gasteiger partial charge is 0.461 e. The van der Waals surface area contributed by atoms with Gasteiger partial charge in [0, 0.05) is 37.2 Å². The van der Waals surface area contributed by atoms with Gasteiger partial charge in [-0.05, 0) is 88.4 Å². The van der Waals surface area contributed by atoms with Crippen molar-refractivity contribution in [3.63, 3.8) is 0 Å². The van der Waals surface area contributed by atoms with Crippen LogP contribution in [0.5, 0.6) is 6.01 Å². The summed E-state index contributed by atoms with van der Waals surface area (Å²) < 4.78 is 6.53. The predicted octanol–water partition coefficient (Wildman–Crippen LogP) is 3.66. The Bertz CT molecular complexity index is 1090. The molecule has 4 heterocycles. The fourth-order valence-electron chi connectivity index (χ4n) is 7.98. The maximum atomic E-state index is 6.53. The first kappa shape index (κ1) is 22.1. The minimum atomic E-state index is 0.220. The van der Waals surface area contributed by atoms with Gasteiger partial charge in [-0.25, -0.2) is 0 Å².